The van der Waals surface area contributed by atoms with Crippen LogP contribution in [0.15, 0.2) is 12.2 Å². The molecular formula is C7H15ClP+. The van der Waals surface area contributed by atoms with Crippen LogP contribution in [0.3, 0.4) is 0 Å². The summed E-state index contributed by atoms with van der Waals surface area (Å²) in [6.07, 6.45) is 5.42. The Morgan fingerprint density at radius 2 is 1.78 bits per heavy atom. The molecule has 0 rings (SSSR count). The molecule has 0 saturated carbocycles. The fourth-order valence-electron chi connectivity index (χ4n) is 0.454. The van der Waals surface area contributed by atoms with Crippen LogP contribution in [-0.2, 0) is 0 Å². The highest BCUT2D eigenvalue weighted by Crippen LogP contribution is 2.46. The SMILES string of the molecule is C[P+](C)(C)CC=CCCl. The molecule has 0 heterocycles. The first-order valence-corrected chi connectivity index (χ1v) is 6.93. The zero-order chi connectivity index (χ0) is 7.33. The molecule has 0 aromatic carbocycles. The Morgan fingerprint density at radius 3 is 2.11 bits per heavy atom. The molecule has 2 heteroatoms. The quantitative estimate of drug-likeness (QED) is 0.343. The van der Waals surface area contributed by atoms with Gasteiger partial charge in [0.2, 0.25) is 0 Å². The average Bonchev–Trinajstić information content (AvgIpc) is 1.63. The molecule has 0 aliphatic heterocycles. The smallest absolute Gasteiger partial charge is 0.0766 e. The van der Waals surface area contributed by atoms with E-state index in [-0.39, 0.29) is 0 Å². The van der Waals surface area contributed by atoms with Gasteiger partial charge in [0.15, 0.2) is 0 Å². The van der Waals surface area contributed by atoms with Crippen LogP contribution in [0.25, 0.3) is 0 Å². The van der Waals surface area contributed by atoms with E-state index in [0.29, 0.717) is 5.88 Å². The van der Waals surface area contributed by atoms with Crippen molar-refractivity contribution < 1.29 is 0 Å². The van der Waals surface area contributed by atoms with Crippen LogP contribution in [0.2, 0.25) is 0 Å². The third-order valence-electron chi connectivity index (χ3n) is 0.909. The molecule has 0 spiro atoms. The molecule has 0 aromatic heterocycles. The van der Waals surface area contributed by atoms with Crippen LogP contribution >= 0.6 is 18.9 Å². The van der Waals surface area contributed by atoms with Gasteiger partial charge in [0.25, 0.3) is 0 Å². The summed E-state index contributed by atoms with van der Waals surface area (Å²) in [5.41, 5.74) is 0. The van der Waals surface area contributed by atoms with Gasteiger partial charge in [-0.2, -0.15) is 0 Å². The van der Waals surface area contributed by atoms with Crippen molar-refractivity contribution in [3.05, 3.63) is 12.2 Å². The van der Waals surface area contributed by atoms with Gasteiger partial charge in [0.05, 0.1) is 6.16 Å². The fraction of sp³-hybridized carbons (Fsp3) is 0.714. The number of rotatable bonds is 3. The summed E-state index contributed by atoms with van der Waals surface area (Å²) >= 11 is 5.46. The molecule has 0 atom stereocenters. The lowest BCUT2D eigenvalue weighted by Gasteiger charge is -2.06. The first-order valence-electron chi connectivity index (χ1n) is 3.07. The molecule has 0 bridgehead atoms. The number of halogens is 1. The standard InChI is InChI=1S/C7H15ClP/c1-9(2,3)7-5-4-6-8/h4-5H,6-7H2,1-3H3/q+1. The van der Waals surface area contributed by atoms with Crippen molar-refractivity contribution in [1.29, 1.82) is 0 Å². The summed E-state index contributed by atoms with van der Waals surface area (Å²) in [5, 5.41) is 0. The van der Waals surface area contributed by atoms with E-state index in [0.717, 1.165) is 0 Å². The zero-order valence-corrected chi connectivity index (χ0v) is 8.04. The van der Waals surface area contributed by atoms with Gasteiger partial charge in [-0.25, -0.2) is 0 Å². The third-order valence-corrected chi connectivity index (χ3v) is 2.39. The average molecular weight is 166 g/mol. The molecule has 0 nitrogen and oxygen atoms in total. The second kappa shape index (κ2) is 4.30. The maximum Gasteiger partial charge on any atom is 0.0766 e. The number of allylic oxidation sites excluding steroid dienone is 2. The van der Waals surface area contributed by atoms with E-state index in [1.165, 1.54) is 6.16 Å². The summed E-state index contributed by atoms with van der Waals surface area (Å²) in [5.74, 6) is 0.653. The maximum absolute atomic E-state index is 5.46. The van der Waals surface area contributed by atoms with Crippen molar-refractivity contribution in [2.45, 2.75) is 0 Å². The van der Waals surface area contributed by atoms with Gasteiger partial charge in [-0.05, 0) is 0 Å². The van der Waals surface area contributed by atoms with Crippen molar-refractivity contribution in [2.75, 3.05) is 32.0 Å². The topological polar surface area (TPSA) is 0 Å². The Hall–Kier alpha value is 0.460. The minimum Gasteiger partial charge on any atom is -0.122 e. The Morgan fingerprint density at radius 1 is 1.22 bits per heavy atom. The van der Waals surface area contributed by atoms with Crippen LogP contribution in [0.4, 0.5) is 0 Å². The second-order valence-electron chi connectivity index (χ2n) is 3.10. The van der Waals surface area contributed by atoms with Crippen LogP contribution in [0, 0.1) is 0 Å². The molecule has 54 valence electrons. The summed E-state index contributed by atoms with van der Waals surface area (Å²) in [6, 6.07) is 0. The van der Waals surface area contributed by atoms with Gasteiger partial charge in [-0.1, -0.05) is 12.2 Å². The Bertz CT molecular complexity index is 91.6. The van der Waals surface area contributed by atoms with Crippen LogP contribution in [0.5, 0.6) is 0 Å². The number of hydrogen-bond donors (Lipinski definition) is 0. The number of hydrogen-bond acceptors (Lipinski definition) is 0. The van der Waals surface area contributed by atoms with Crippen LogP contribution in [0.1, 0.15) is 0 Å². The lowest BCUT2D eigenvalue weighted by molar-refractivity contribution is 1.61. The minimum absolute atomic E-state index is 0.591. The first kappa shape index (κ1) is 9.46. The van der Waals surface area contributed by atoms with E-state index in [9.17, 15) is 0 Å². The van der Waals surface area contributed by atoms with Crippen LogP contribution < -0.4 is 0 Å². The molecule has 9 heavy (non-hydrogen) atoms. The second-order valence-corrected chi connectivity index (χ2v) is 8.35. The molecule has 0 aliphatic carbocycles. The van der Waals surface area contributed by atoms with Crippen molar-refractivity contribution in [1.82, 2.24) is 0 Å². The molecule has 0 saturated heterocycles. The maximum atomic E-state index is 5.46. The molecule has 0 amide bonds. The summed E-state index contributed by atoms with van der Waals surface area (Å²) in [7, 11) is -0.591. The van der Waals surface area contributed by atoms with E-state index >= 15 is 0 Å². The highest BCUT2D eigenvalue weighted by molar-refractivity contribution is 7.73. The molecule has 0 radical (unpaired) electrons. The van der Waals surface area contributed by atoms with Gasteiger partial charge in [-0.3, -0.25) is 0 Å². The predicted octanol–water partition coefficient (Wildman–Crippen LogP) is 2.69. The Balaban J connectivity index is 3.38. The van der Waals surface area contributed by atoms with Gasteiger partial charge >= 0.3 is 0 Å². The van der Waals surface area contributed by atoms with E-state index < -0.39 is 7.26 Å². The first-order chi connectivity index (χ1) is 4.06. The minimum atomic E-state index is -0.591. The highest BCUT2D eigenvalue weighted by Gasteiger charge is 2.12. The Kier molecular flexibility index (Phi) is 4.52. The van der Waals surface area contributed by atoms with Crippen molar-refractivity contribution >= 4 is 18.9 Å². The molecule has 0 aliphatic rings. The lowest BCUT2D eigenvalue weighted by atomic mass is 10.6. The van der Waals surface area contributed by atoms with Gasteiger partial charge in [-0.15, -0.1) is 11.6 Å². The van der Waals surface area contributed by atoms with E-state index in [1.54, 1.807) is 0 Å². The van der Waals surface area contributed by atoms with Gasteiger partial charge in [0.1, 0.15) is 0 Å². The van der Waals surface area contributed by atoms with Crippen molar-refractivity contribution in [3.63, 3.8) is 0 Å². The van der Waals surface area contributed by atoms with E-state index in [1.807, 2.05) is 6.08 Å². The molecule has 0 aromatic rings. The van der Waals surface area contributed by atoms with Gasteiger partial charge in [0, 0.05) is 33.1 Å². The summed E-state index contributed by atoms with van der Waals surface area (Å²) < 4.78 is 0. The van der Waals surface area contributed by atoms with E-state index in [4.69, 9.17) is 11.6 Å². The van der Waals surface area contributed by atoms with Gasteiger partial charge < -0.3 is 0 Å². The number of alkyl halides is 1. The largest absolute Gasteiger partial charge is 0.122 e. The fourth-order valence-corrected chi connectivity index (χ4v) is 1.36. The van der Waals surface area contributed by atoms with E-state index in [2.05, 4.69) is 26.1 Å². The monoisotopic (exact) mass is 165 g/mol. The van der Waals surface area contributed by atoms with Crippen molar-refractivity contribution in [3.8, 4) is 0 Å². The summed E-state index contributed by atoms with van der Waals surface area (Å²) in [4.78, 5) is 0. The molecular weight excluding hydrogens is 151 g/mol. The molecule has 0 fully saturated rings. The summed E-state index contributed by atoms with van der Waals surface area (Å²) in [6.45, 7) is 6.97. The predicted molar refractivity (Wildman–Crippen MR) is 49.4 cm³/mol. The lowest BCUT2D eigenvalue weighted by Crippen LogP contribution is -1.87. The Labute approximate surface area is 63.6 Å². The molecule has 0 unspecified atom stereocenters. The van der Waals surface area contributed by atoms with Crippen molar-refractivity contribution in [2.24, 2.45) is 0 Å². The molecule has 0 N–H and O–H groups in total. The normalized spacial score (nSPS) is 12.9. The highest BCUT2D eigenvalue weighted by atomic mass is 35.5. The van der Waals surface area contributed by atoms with Crippen LogP contribution in [-0.4, -0.2) is 32.0 Å². The zero-order valence-electron chi connectivity index (χ0n) is 6.39. The third kappa shape index (κ3) is 8.46.